The normalized spacial score (nSPS) is 14.7. The molecule has 1 N–H and O–H groups in total. The van der Waals surface area contributed by atoms with E-state index in [9.17, 15) is 0 Å². The van der Waals surface area contributed by atoms with Crippen molar-refractivity contribution in [3.63, 3.8) is 0 Å². The van der Waals surface area contributed by atoms with Gasteiger partial charge in [-0.05, 0) is 17.7 Å². The Morgan fingerprint density at radius 1 is 0.968 bits per heavy atom. The summed E-state index contributed by atoms with van der Waals surface area (Å²) in [4.78, 5) is 10.7. The number of rotatable bonds is 6. The lowest BCUT2D eigenvalue weighted by Crippen LogP contribution is -2.37. The molecule has 3 heterocycles. The predicted octanol–water partition coefficient (Wildman–Crippen LogP) is 4.78. The lowest BCUT2D eigenvalue weighted by Gasteiger charge is -2.26. The van der Waals surface area contributed by atoms with Crippen molar-refractivity contribution in [3.8, 4) is 28.0 Å². The highest BCUT2D eigenvalue weighted by atomic mass is 16.5. The number of aromatic amines is 1. The molecule has 1 aliphatic rings. The second-order valence-electron chi connectivity index (χ2n) is 7.89. The highest BCUT2D eigenvalue weighted by molar-refractivity contribution is 6.00. The Hall–Kier alpha value is -3.15. The minimum atomic E-state index is 0.816. The van der Waals surface area contributed by atoms with Crippen LogP contribution in [0, 0.1) is 0 Å². The summed E-state index contributed by atoms with van der Waals surface area (Å²) in [5, 5.41) is 1.17. The van der Waals surface area contributed by atoms with Crippen molar-refractivity contribution in [2.24, 2.45) is 0 Å². The van der Waals surface area contributed by atoms with Gasteiger partial charge in [-0.3, -0.25) is 9.88 Å². The van der Waals surface area contributed by atoms with Crippen LogP contribution >= 0.6 is 0 Å². The lowest BCUT2D eigenvalue weighted by molar-refractivity contribution is 0.0384. The molecule has 0 aliphatic carbocycles. The SMILES string of the molecule is COc1cccc2c(-c3cncc(-c4ccccc4)c3)c(CCN3CCOCC3)[nH]c12. The third-order valence-corrected chi connectivity index (χ3v) is 6.01. The Kier molecular flexibility index (Phi) is 5.69. The molecule has 5 heteroatoms. The summed E-state index contributed by atoms with van der Waals surface area (Å²) in [7, 11) is 1.72. The maximum atomic E-state index is 5.65. The Morgan fingerprint density at radius 3 is 2.58 bits per heavy atom. The van der Waals surface area contributed by atoms with E-state index in [0.29, 0.717) is 0 Å². The molecule has 1 saturated heterocycles. The first kappa shape index (κ1) is 19.8. The van der Waals surface area contributed by atoms with E-state index in [-0.39, 0.29) is 0 Å². The van der Waals surface area contributed by atoms with E-state index in [1.807, 2.05) is 24.5 Å². The topological polar surface area (TPSA) is 50.4 Å². The Bertz CT molecular complexity index is 1160. The number of hydrogen-bond donors (Lipinski definition) is 1. The molecule has 0 atom stereocenters. The number of methoxy groups -OCH3 is 1. The predicted molar refractivity (Wildman–Crippen MR) is 124 cm³/mol. The summed E-state index contributed by atoms with van der Waals surface area (Å²) in [6, 6.07) is 18.9. The van der Waals surface area contributed by atoms with E-state index >= 15 is 0 Å². The van der Waals surface area contributed by atoms with Crippen LogP contribution in [0.25, 0.3) is 33.2 Å². The van der Waals surface area contributed by atoms with E-state index in [0.717, 1.165) is 61.7 Å². The van der Waals surface area contributed by atoms with Gasteiger partial charge in [-0.15, -0.1) is 0 Å². The summed E-state index contributed by atoms with van der Waals surface area (Å²) in [5.41, 5.74) is 6.89. The van der Waals surface area contributed by atoms with Gasteiger partial charge in [-0.2, -0.15) is 0 Å². The van der Waals surface area contributed by atoms with Crippen molar-refractivity contribution in [3.05, 3.63) is 72.7 Å². The average molecular weight is 414 g/mol. The number of nitrogens with zero attached hydrogens (tertiary/aromatic N) is 2. The standard InChI is InChI=1S/C26H27N3O2/c1-30-24-9-5-8-22-25(21-16-20(17-27-18-21)19-6-3-2-4-7-19)23(28-26(22)24)10-11-29-12-14-31-15-13-29/h2-9,16-18,28H,10-15H2,1H3. The molecule has 0 saturated carbocycles. The van der Waals surface area contributed by atoms with Crippen molar-refractivity contribution < 1.29 is 9.47 Å². The number of nitrogens with one attached hydrogen (secondary N) is 1. The lowest BCUT2D eigenvalue weighted by atomic mass is 9.98. The van der Waals surface area contributed by atoms with Crippen molar-refractivity contribution >= 4 is 10.9 Å². The minimum absolute atomic E-state index is 0.816. The molecule has 158 valence electrons. The molecule has 0 bridgehead atoms. The quantitative estimate of drug-likeness (QED) is 0.494. The maximum absolute atomic E-state index is 5.65. The van der Waals surface area contributed by atoms with E-state index in [4.69, 9.17) is 9.47 Å². The van der Waals surface area contributed by atoms with Gasteiger partial charge in [0.2, 0.25) is 0 Å². The van der Waals surface area contributed by atoms with Crippen molar-refractivity contribution in [2.75, 3.05) is 40.0 Å². The second-order valence-corrected chi connectivity index (χ2v) is 7.89. The van der Waals surface area contributed by atoms with Crippen LogP contribution in [-0.4, -0.2) is 54.8 Å². The third kappa shape index (κ3) is 4.07. The first-order chi connectivity index (χ1) is 15.3. The van der Waals surface area contributed by atoms with E-state index in [1.165, 1.54) is 22.2 Å². The zero-order chi connectivity index (χ0) is 21.0. The molecule has 2 aromatic carbocycles. The molecule has 31 heavy (non-hydrogen) atoms. The van der Waals surface area contributed by atoms with Gasteiger partial charge >= 0.3 is 0 Å². The molecule has 0 spiro atoms. The highest BCUT2D eigenvalue weighted by Crippen LogP contribution is 2.37. The number of morpholine rings is 1. The second kappa shape index (κ2) is 8.92. The molecule has 4 aromatic rings. The van der Waals surface area contributed by atoms with Gasteiger partial charge in [0, 0.05) is 66.2 Å². The Balaban J connectivity index is 1.58. The maximum Gasteiger partial charge on any atom is 0.142 e. The van der Waals surface area contributed by atoms with Crippen molar-refractivity contribution in [1.82, 2.24) is 14.9 Å². The van der Waals surface area contributed by atoms with Gasteiger partial charge in [-0.1, -0.05) is 42.5 Å². The van der Waals surface area contributed by atoms with Gasteiger partial charge in [0.1, 0.15) is 5.75 Å². The fourth-order valence-electron chi connectivity index (χ4n) is 4.39. The van der Waals surface area contributed by atoms with E-state index in [2.05, 4.69) is 57.3 Å². The molecule has 0 amide bonds. The van der Waals surface area contributed by atoms with Gasteiger partial charge in [0.15, 0.2) is 0 Å². The van der Waals surface area contributed by atoms with Crippen LogP contribution < -0.4 is 4.74 Å². The molecular formula is C26H27N3O2. The number of para-hydroxylation sites is 1. The van der Waals surface area contributed by atoms with Crippen molar-refractivity contribution in [2.45, 2.75) is 6.42 Å². The Labute approximate surface area is 182 Å². The fraction of sp³-hybridized carbons (Fsp3) is 0.269. The summed E-state index contributed by atoms with van der Waals surface area (Å²) in [6.45, 7) is 4.61. The van der Waals surface area contributed by atoms with Crippen LogP contribution in [-0.2, 0) is 11.2 Å². The molecule has 2 aromatic heterocycles. The smallest absolute Gasteiger partial charge is 0.142 e. The number of ether oxygens (including phenoxy) is 2. The van der Waals surface area contributed by atoms with Crippen LogP contribution in [0.15, 0.2) is 67.0 Å². The molecule has 5 nitrogen and oxygen atoms in total. The minimum Gasteiger partial charge on any atom is -0.495 e. The molecule has 0 radical (unpaired) electrons. The average Bonchev–Trinajstić information content (AvgIpc) is 3.22. The number of pyridine rings is 1. The largest absolute Gasteiger partial charge is 0.495 e. The van der Waals surface area contributed by atoms with Gasteiger partial charge in [-0.25, -0.2) is 0 Å². The number of benzene rings is 2. The van der Waals surface area contributed by atoms with Crippen LogP contribution in [0.4, 0.5) is 0 Å². The van der Waals surface area contributed by atoms with Crippen LogP contribution in [0.5, 0.6) is 5.75 Å². The van der Waals surface area contributed by atoms with Gasteiger partial charge in [0.25, 0.3) is 0 Å². The highest BCUT2D eigenvalue weighted by Gasteiger charge is 2.18. The summed E-state index contributed by atoms with van der Waals surface area (Å²) in [6.07, 6.45) is 4.83. The first-order valence-electron chi connectivity index (χ1n) is 10.8. The van der Waals surface area contributed by atoms with Crippen LogP contribution in [0.2, 0.25) is 0 Å². The molecule has 1 aliphatic heterocycles. The summed E-state index contributed by atoms with van der Waals surface area (Å²) in [5.74, 6) is 0.864. The third-order valence-electron chi connectivity index (χ3n) is 6.01. The zero-order valence-electron chi connectivity index (χ0n) is 17.8. The van der Waals surface area contributed by atoms with Crippen molar-refractivity contribution in [1.29, 1.82) is 0 Å². The molecule has 1 fully saturated rings. The molecular weight excluding hydrogens is 386 g/mol. The van der Waals surface area contributed by atoms with E-state index < -0.39 is 0 Å². The Morgan fingerprint density at radius 2 is 1.77 bits per heavy atom. The fourth-order valence-corrected chi connectivity index (χ4v) is 4.39. The molecule has 5 rings (SSSR count). The number of hydrogen-bond acceptors (Lipinski definition) is 4. The zero-order valence-corrected chi connectivity index (χ0v) is 17.8. The number of fused-ring (bicyclic) bond motifs is 1. The number of H-pyrrole nitrogens is 1. The van der Waals surface area contributed by atoms with Crippen LogP contribution in [0.1, 0.15) is 5.69 Å². The summed E-state index contributed by atoms with van der Waals surface area (Å²) >= 11 is 0. The first-order valence-corrected chi connectivity index (χ1v) is 10.8. The molecule has 0 unspecified atom stereocenters. The van der Waals surface area contributed by atoms with E-state index in [1.54, 1.807) is 7.11 Å². The summed E-state index contributed by atoms with van der Waals surface area (Å²) < 4.78 is 11.1. The van der Waals surface area contributed by atoms with Crippen LogP contribution in [0.3, 0.4) is 0 Å². The number of aromatic nitrogens is 2. The monoisotopic (exact) mass is 413 g/mol. The van der Waals surface area contributed by atoms with Gasteiger partial charge in [0.05, 0.1) is 25.8 Å². The van der Waals surface area contributed by atoms with Gasteiger partial charge < -0.3 is 14.5 Å².